The molecule has 0 aliphatic rings. The molecule has 0 radical (unpaired) electrons. The molecule has 0 aliphatic carbocycles. The number of hydrogen-bond acceptors (Lipinski definition) is 3. The monoisotopic (exact) mass is 241 g/mol. The molecule has 4 nitrogen and oxygen atoms in total. The van der Waals surface area contributed by atoms with Gasteiger partial charge in [-0.05, 0) is 31.0 Å². The molecule has 0 saturated carbocycles. The molecule has 1 heterocycles. The molecular formula is C14H15N3O. The number of para-hydroxylation sites is 1. The van der Waals surface area contributed by atoms with E-state index in [1.165, 1.54) is 6.20 Å². The van der Waals surface area contributed by atoms with Crippen molar-refractivity contribution in [2.24, 2.45) is 5.73 Å². The number of nitrogens with one attached hydrogen (secondary N) is 1. The first-order chi connectivity index (χ1) is 8.58. The van der Waals surface area contributed by atoms with Crippen LogP contribution in [0.25, 0.3) is 0 Å². The summed E-state index contributed by atoms with van der Waals surface area (Å²) in [7, 11) is 0. The van der Waals surface area contributed by atoms with Gasteiger partial charge in [0.1, 0.15) is 11.6 Å². The van der Waals surface area contributed by atoms with Crippen molar-refractivity contribution in [3.63, 3.8) is 0 Å². The molecule has 3 N–H and O–H groups in total. The largest absolute Gasteiger partial charge is 0.438 e. The number of hydrogen-bond donors (Lipinski definition) is 2. The van der Waals surface area contributed by atoms with Crippen molar-refractivity contribution in [1.29, 1.82) is 5.41 Å². The molecule has 0 fully saturated rings. The van der Waals surface area contributed by atoms with Crippen molar-refractivity contribution < 1.29 is 4.74 Å². The van der Waals surface area contributed by atoms with Crippen molar-refractivity contribution in [1.82, 2.24) is 4.98 Å². The van der Waals surface area contributed by atoms with Gasteiger partial charge < -0.3 is 10.5 Å². The second-order valence-electron chi connectivity index (χ2n) is 4.12. The summed E-state index contributed by atoms with van der Waals surface area (Å²) in [6.45, 7) is 3.98. The lowest BCUT2D eigenvalue weighted by molar-refractivity contribution is 0.456. The quantitative estimate of drug-likeness (QED) is 0.641. The van der Waals surface area contributed by atoms with E-state index in [-0.39, 0.29) is 5.84 Å². The average Bonchev–Trinajstić information content (AvgIpc) is 2.34. The second kappa shape index (κ2) is 4.87. The van der Waals surface area contributed by atoms with Gasteiger partial charge >= 0.3 is 0 Å². The van der Waals surface area contributed by atoms with Gasteiger partial charge in [-0.15, -0.1) is 0 Å². The van der Waals surface area contributed by atoms with E-state index >= 15 is 0 Å². The maximum atomic E-state index is 7.29. The first-order valence-electron chi connectivity index (χ1n) is 5.62. The molecule has 0 atom stereocenters. The zero-order chi connectivity index (χ0) is 13.1. The number of amidine groups is 1. The molecule has 18 heavy (non-hydrogen) atoms. The van der Waals surface area contributed by atoms with Crippen LogP contribution in [0.3, 0.4) is 0 Å². The van der Waals surface area contributed by atoms with Crippen LogP contribution >= 0.6 is 0 Å². The van der Waals surface area contributed by atoms with Gasteiger partial charge in [0.25, 0.3) is 0 Å². The number of aromatic nitrogens is 1. The predicted octanol–water partition coefficient (Wildman–Crippen LogP) is 2.77. The second-order valence-corrected chi connectivity index (χ2v) is 4.12. The van der Waals surface area contributed by atoms with Crippen molar-refractivity contribution in [3.05, 3.63) is 53.2 Å². The summed E-state index contributed by atoms with van der Waals surface area (Å²) < 4.78 is 5.75. The van der Waals surface area contributed by atoms with Crippen LogP contribution in [0.5, 0.6) is 11.6 Å². The smallest absolute Gasteiger partial charge is 0.219 e. The fourth-order valence-electron chi connectivity index (χ4n) is 1.66. The summed E-state index contributed by atoms with van der Waals surface area (Å²) in [5, 5.41) is 7.29. The van der Waals surface area contributed by atoms with Crippen LogP contribution in [0.15, 0.2) is 36.5 Å². The Balaban J connectivity index is 2.26. The zero-order valence-corrected chi connectivity index (χ0v) is 10.4. The van der Waals surface area contributed by atoms with Gasteiger partial charge in [-0.25, -0.2) is 4.98 Å². The van der Waals surface area contributed by atoms with Crippen molar-refractivity contribution in [2.75, 3.05) is 0 Å². The van der Waals surface area contributed by atoms with Gasteiger partial charge in [-0.1, -0.05) is 18.2 Å². The standard InChI is InChI=1S/C14H15N3O/c1-9-4-3-5-10(2)13(9)18-12-7-6-11(8-17-12)14(15)16/h3-8H,1-2H3,(H3,15,16). The number of nitrogens with zero attached hydrogens (tertiary/aromatic N) is 1. The minimum atomic E-state index is 0.00104. The highest BCUT2D eigenvalue weighted by molar-refractivity contribution is 5.94. The van der Waals surface area contributed by atoms with Crippen LogP contribution in [-0.2, 0) is 0 Å². The van der Waals surface area contributed by atoms with E-state index in [9.17, 15) is 0 Å². The Bertz CT molecular complexity index is 556. The topological polar surface area (TPSA) is 72.0 Å². The summed E-state index contributed by atoms with van der Waals surface area (Å²) in [4.78, 5) is 4.13. The number of aryl methyl sites for hydroxylation is 2. The Labute approximate surface area is 106 Å². The Morgan fingerprint density at radius 3 is 2.33 bits per heavy atom. The molecule has 0 saturated heterocycles. The average molecular weight is 241 g/mol. The molecule has 1 aromatic heterocycles. The molecule has 0 spiro atoms. The Hall–Kier alpha value is -2.36. The summed E-state index contributed by atoms with van der Waals surface area (Å²) in [6.07, 6.45) is 1.53. The minimum Gasteiger partial charge on any atom is -0.438 e. The third kappa shape index (κ3) is 2.48. The minimum absolute atomic E-state index is 0.00104. The van der Waals surface area contributed by atoms with Crippen LogP contribution in [0.4, 0.5) is 0 Å². The lowest BCUT2D eigenvalue weighted by atomic mass is 10.1. The van der Waals surface area contributed by atoms with Gasteiger partial charge in [0, 0.05) is 17.8 Å². The van der Waals surface area contributed by atoms with Crippen LogP contribution in [0, 0.1) is 19.3 Å². The third-order valence-corrected chi connectivity index (χ3v) is 2.66. The number of ether oxygens (including phenoxy) is 1. The van der Waals surface area contributed by atoms with E-state index in [2.05, 4.69) is 4.98 Å². The highest BCUT2D eigenvalue weighted by Crippen LogP contribution is 2.27. The molecule has 0 unspecified atom stereocenters. The maximum absolute atomic E-state index is 7.29. The Morgan fingerprint density at radius 1 is 1.17 bits per heavy atom. The first-order valence-corrected chi connectivity index (χ1v) is 5.62. The van der Waals surface area contributed by atoms with E-state index < -0.39 is 0 Å². The van der Waals surface area contributed by atoms with Gasteiger partial charge in [-0.3, -0.25) is 5.41 Å². The molecule has 2 rings (SSSR count). The number of pyridine rings is 1. The molecule has 2 aromatic rings. The van der Waals surface area contributed by atoms with E-state index in [1.807, 2.05) is 32.0 Å². The van der Waals surface area contributed by atoms with Crippen LogP contribution in [0.1, 0.15) is 16.7 Å². The van der Waals surface area contributed by atoms with Gasteiger partial charge in [0.15, 0.2) is 0 Å². The van der Waals surface area contributed by atoms with Crippen molar-refractivity contribution >= 4 is 5.84 Å². The lowest BCUT2D eigenvalue weighted by Gasteiger charge is -2.10. The van der Waals surface area contributed by atoms with Crippen LogP contribution in [0.2, 0.25) is 0 Å². The number of nitrogens with two attached hydrogens (primary N) is 1. The molecule has 0 bridgehead atoms. The summed E-state index contributed by atoms with van der Waals surface area (Å²) in [6, 6.07) is 9.41. The molecule has 0 aliphatic heterocycles. The summed E-state index contributed by atoms with van der Waals surface area (Å²) >= 11 is 0. The van der Waals surface area contributed by atoms with E-state index in [0.29, 0.717) is 11.4 Å². The van der Waals surface area contributed by atoms with Gasteiger partial charge in [0.2, 0.25) is 5.88 Å². The number of benzene rings is 1. The zero-order valence-electron chi connectivity index (χ0n) is 10.4. The first kappa shape index (κ1) is 12.1. The predicted molar refractivity (Wildman–Crippen MR) is 71.2 cm³/mol. The van der Waals surface area contributed by atoms with E-state index in [0.717, 1.165) is 16.9 Å². The van der Waals surface area contributed by atoms with Crippen molar-refractivity contribution in [3.8, 4) is 11.6 Å². The SMILES string of the molecule is Cc1cccc(C)c1Oc1ccc(C(=N)N)cn1. The number of rotatable bonds is 3. The van der Waals surface area contributed by atoms with Crippen molar-refractivity contribution in [2.45, 2.75) is 13.8 Å². The third-order valence-electron chi connectivity index (χ3n) is 2.66. The lowest BCUT2D eigenvalue weighted by Crippen LogP contribution is -2.11. The van der Waals surface area contributed by atoms with Gasteiger partial charge in [0.05, 0.1) is 0 Å². The highest BCUT2D eigenvalue weighted by atomic mass is 16.5. The normalized spacial score (nSPS) is 10.1. The molecule has 4 heteroatoms. The maximum Gasteiger partial charge on any atom is 0.219 e. The fraction of sp³-hybridized carbons (Fsp3) is 0.143. The molecular weight excluding hydrogens is 226 g/mol. The summed E-state index contributed by atoms with van der Waals surface area (Å²) in [5.41, 5.74) is 8.08. The molecule has 0 amide bonds. The summed E-state index contributed by atoms with van der Waals surface area (Å²) in [5.74, 6) is 1.32. The fourth-order valence-corrected chi connectivity index (χ4v) is 1.66. The highest BCUT2D eigenvalue weighted by Gasteiger charge is 2.06. The van der Waals surface area contributed by atoms with Gasteiger partial charge in [-0.2, -0.15) is 0 Å². The molecule has 1 aromatic carbocycles. The van der Waals surface area contributed by atoms with Crippen LogP contribution < -0.4 is 10.5 Å². The molecule has 92 valence electrons. The Kier molecular flexibility index (Phi) is 3.28. The van der Waals surface area contributed by atoms with Crippen LogP contribution in [-0.4, -0.2) is 10.8 Å². The number of nitrogen functional groups attached to an aromatic ring is 1. The Morgan fingerprint density at radius 2 is 1.83 bits per heavy atom. The van der Waals surface area contributed by atoms with E-state index in [1.54, 1.807) is 12.1 Å². The van der Waals surface area contributed by atoms with E-state index in [4.69, 9.17) is 15.9 Å².